The summed E-state index contributed by atoms with van der Waals surface area (Å²) in [5, 5.41) is 10.2. The summed E-state index contributed by atoms with van der Waals surface area (Å²) in [6.45, 7) is 3.09. The molecule has 0 radical (unpaired) electrons. The van der Waals surface area contributed by atoms with Crippen LogP contribution in [0.5, 0.6) is 0 Å². The first-order valence-corrected chi connectivity index (χ1v) is 7.67. The van der Waals surface area contributed by atoms with Gasteiger partial charge in [0.25, 0.3) is 0 Å². The molecule has 0 saturated heterocycles. The molecule has 0 saturated carbocycles. The molecule has 0 amide bonds. The molecule has 4 nitrogen and oxygen atoms in total. The van der Waals surface area contributed by atoms with E-state index in [-0.39, 0.29) is 12.3 Å². The van der Waals surface area contributed by atoms with Crippen molar-refractivity contribution < 1.29 is 13.5 Å². The van der Waals surface area contributed by atoms with Gasteiger partial charge in [-0.2, -0.15) is 0 Å². The molecule has 1 unspecified atom stereocenters. The van der Waals surface area contributed by atoms with Crippen molar-refractivity contribution >= 4 is 26.0 Å². The maximum atomic E-state index is 11.3. The van der Waals surface area contributed by atoms with Crippen LogP contribution < -0.4 is 4.72 Å². The van der Waals surface area contributed by atoms with Gasteiger partial charge in [0.05, 0.1) is 5.75 Å². The van der Waals surface area contributed by atoms with Gasteiger partial charge in [-0.05, 0) is 31.5 Å². The summed E-state index contributed by atoms with van der Waals surface area (Å²) < 4.78 is 25.9. The number of sulfonamides is 1. The molecule has 1 rings (SSSR count). The average Bonchev–Trinajstić information content (AvgIpc) is 2.27. The lowest BCUT2D eigenvalue weighted by molar-refractivity contribution is 0.0627. The Morgan fingerprint density at radius 3 is 2.35 bits per heavy atom. The maximum Gasteiger partial charge on any atom is 0.211 e. The van der Waals surface area contributed by atoms with Crippen LogP contribution in [0.3, 0.4) is 0 Å². The fourth-order valence-corrected chi connectivity index (χ4v) is 2.23. The molecule has 1 atom stereocenters. The summed E-state index contributed by atoms with van der Waals surface area (Å²) in [5.74, 6) is 0.00339. The quantitative estimate of drug-likeness (QED) is 0.865. The summed E-state index contributed by atoms with van der Waals surface area (Å²) in [5.41, 5.74) is -0.553. The Balaban J connectivity index is 2.78. The third-order valence-electron chi connectivity index (χ3n) is 2.48. The molecule has 0 aliphatic carbocycles. The monoisotopic (exact) mass is 321 g/mol. The minimum atomic E-state index is -3.29. The van der Waals surface area contributed by atoms with Crippen molar-refractivity contribution in [3.8, 4) is 0 Å². The molecule has 1 aromatic carbocycles. The van der Waals surface area contributed by atoms with Gasteiger partial charge in [0.2, 0.25) is 10.0 Å². The van der Waals surface area contributed by atoms with Crippen LogP contribution in [0.4, 0.5) is 0 Å². The molecule has 0 spiro atoms. The Bertz CT molecular complexity index is 468. The topological polar surface area (TPSA) is 66.4 Å². The van der Waals surface area contributed by atoms with Crippen LogP contribution in [0.25, 0.3) is 0 Å². The summed E-state index contributed by atoms with van der Waals surface area (Å²) in [4.78, 5) is 0. The van der Waals surface area contributed by atoms with Crippen LogP contribution in [0.15, 0.2) is 28.7 Å². The molecule has 17 heavy (non-hydrogen) atoms. The van der Waals surface area contributed by atoms with Gasteiger partial charge in [-0.1, -0.05) is 28.1 Å². The van der Waals surface area contributed by atoms with Crippen molar-refractivity contribution in [2.24, 2.45) is 0 Å². The second-order valence-electron chi connectivity index (χ2n) is 4.01. The predicted octanol–water partition coefficient (Wildman–Crippen LogP) is 1.60. The Hall–Kier alpha value is -0.430. The fraction of sp³-hybridized carbons (Fsp3) is 0.455. The summed E-state index contributed by atoms with van der Waals surface area (Å²) in [6.07, 6.45) is 0. The Morgan fingerprint density at radius 2 is 1.88 bits per heavy atom. The van der Waals surface area contributed by atoms with Gasteiger partial charge in [0.15, 0.2) is 0 Å². The van der Waals surface area contributed by atoms with Crippen molar-refractivity contribution in [1.29, 1.82) is 0 Å². The van der Waals surface area contributed by atoms with E-state index in [9.17, 15) is 13.5 Å². The highest BCUT2D eigenvalue weighted by atomic mass is 79.9. The first-order chi connectivity index (χ1) is 7.77. The lowest BCUT2D eigenvalue weighted by atomic mass is 9.97. The van der Waals surface area contributed by atoms with Crippen LogP contribution in [-0.4, -0.2) is 25.8 Å². The van der Waals surface area contributed by atoms with E-state index in [2.05, 4.69) is 20.7 Å². The fourth-order valence-electron chi connectivity index (χ4n) is 1.26. The number of rotatable bonds is 5. The molecular formula is C11H16BrNO3S. The third-order valence-corrected chi connectivity index (χ3v) is 4.36. The van der Waals surface area contributed by atoms with Gasteiger partial charge < -0.3 is 5.11 Å². The zero-order chi connectivity index (χ0) is 13.1. The van der Waals surface area contributed by atoms with Gasteiger partial charge in [-0.15, -0.1) is 0 Å². The van der Waals surface area contributed by atoms with Crippen molar-refractivity contribution in [2.45, 2.75) is 19.4 Å². The van der Waals surface area contributed by atoms with Gasteiger partial charge >= 0.3 is 0 Å². The second kappa shape index (κ2) is 5.48. The third kappa shape index (κ3) is 4.39. The summed E-state index contributed by atoms with van der Waals surface area (Å²) in [6, 6.07) is 7.12. The number of hydrogen-bond acceptors (Lipinski definition) is 3. The molecule has 1 aromatic rings. The molecular weight excluding hydrogens is 306 g/mol. The molecule has 0 aromatic heterocycles. The molecule has 0 bridgehead atoms. The van der Waals surface area contributed by atoms with Crippen LogP contribution >= 0.6 is 15.9 Å². The van der Waals surface area contributed by atoms with E-state index >= 15 is 0 Å². The van der Waals surface area contributed by atoms with Crippen molar-refractivity contribution in [1.82, 2.24) is 4.72 Å². The normalized spacial score (nSPS) is 15.5. The first kappa shape index (κ1) is 14.6. The minimum Gasteiger partial charge on any atom is -0.384 e. The highest BCUT2D eigenvalue weighted by Gasteiger charge is 2.24. The van der Waals surface area contributed by atoms with E-state index in [0.29, 0.717) is 5.56 Å². The maximum absolute atomic E-state index is 11.3. The number of halogens is 1. The van der Waals surface area contributed by atoms with Crippen LogP contribution in [0, 0.1) is 0 Å². The predicted molar refractivity (Wildman–Crippen MR) is 71.2 cm³/mol. The molecule has 0 aliphatic rings. The van der Waals surface area contributed by atoms with E-state index in [1.165, 1.54) is 0 Å². The van der Waals surface area contributed by atoms with E-state index < -0.39 is 15.6 Å². The molecule has 0 aliphatic heterocycles. The van der Waals surface area contributed by atoms with E-state index in [1.54, 1.807) is 38.1 Å². The van der Waals surface area contributed by atoms with Crippen LogP contribution in [-0.2, 0) is 15.6 Å². The lowest BCUT2D eigenvalue weighted by Crippen LogP contribution is -2.39. The highest BCUT2D eigenvalue weighted by Crippen LogP contribution is 2.22. The average molecular weight is 322 g/mol. The Labute approximate surface area is 110 Å². The number of nitrogens with one attached hydrogen (secondary N) is 1. The Morgan fingerprint density at radius 1 is 1.35 bits per heavy atom. The van der Waals surface area contributed by atoms with Crippen molar-refractivity contribution in [2.75, 3.05) is 12.3 Å². The minimum absolute atomic E-state index is 0.00339. The number of hydrogen-bond donors (Lipinski definition) is 2. The molecule has 2 N–H and O–H groups in total. The zero-order valence-electron chi connectivity index (χ0n) is 9.77. The molecule has 96 valence electrons. The van der Waals surface area contributed by atoms with Crippen LogP contribution in [0.2, 0.25) is 0 Å². The van der Waals surface area contributed by atoms with E-state index in [1.807, 2.05) is 0 Å². The van der Waals surface area contributed by atoms with Gasteiger partial charge in [-0.25, -0.2) is 13.1 Å². The number of benzene rings is 1. The lowest BCUT2D eigenvalue weighted by Gasteiger charge is -2.24. The highest BCUT2D eigenvalue weighted by molar-refractivity contribution is 9.10. The summed E-state index contributed by atoms with van der Waals surface area (Å²) in [7, 11) is -3.29. The van der Waals surface area contributed by atoms with E-state index in [0.717, 1.165) is 4.47 Å². The molecule has 6 heteroatoms. The largest absolute Gasteiger partial charge is 0.384 e. The summed E-state index contributed by atoms with van der Waals surface area (Å²) >= 11 is 3.30. The zero-order valence-corrected chi connectivity index (χ0v) is 12.2. The number of aliphatic hydroxyl groups is 1. The first-order valence-electron chi connectivity index (χ1n) is 5.22. The SMILES string of the molecule is CCS(=O)(=O)NCC(C)(O)c1ccc(Br)cc1. The standard InChI is InChI=1S/C11H16BrNO3S/c1-3-17(15,16)13-8-11(2,14)9-4-6-10(12)7-5-9/h4-7,13-14H,3,8H2,1-2H3. The van der Waals surface area contributed by atoms with Gasteiger partial charge in [0, 0.05) is 11.0 Å². The molecule has 0 heterocycles. The van der Waals surface area contributed by atoms with Crippen LogP contribution in [0.1, 0.15) is 19.4 Å². The van der Waals surface area contributed by atoms with Crippen molar-refractivity contribution in [3.05, 3.63) is 34.3 Å². The van der Waals surface area contributed by atoms with Crippen molar-refractivity contribution in [3.63, 3.8) is 0 Å². The molecule has 0 fully saturated rings. The smallest absolute Gasteiger partial charge is 0.211 e. The van der Waals surface area contributed by atoms with E-state index in [4.69, 9.17) is 0 Å². The Kier molecular flexibility index (Phi) is 4.71. The second-order valence-corrected chi connectivity index (χ2v) is 7.02. The van der Waals surface area contributed by atoms with Gasteiger partial charge in [-0.3, -0.25) is 0 Å². The van der Waals surface area contributed by atoms with Gasteiger partial charge in [0.1, 0.15) is 5.60 Å².